The van der Waals surface area contributed by atoms with Gasteiger partial charge >= 0.3 is 6.03 Å². The van der Waals surface area contributed by atoms with Crippen LogP contribution in [0.2, 0.25) is 0 Å². The first-order valence-corrected chi connectivity index (χ1v) is 5.37. The fraction of sp³-hybridized carbons (Fsp3) is 0.500. The van der Waals surface area contributed by atoms with E-state index in [1.807, 2.05) is 12.3 Å². The number of carbonyl (C=O) groups excluding carboxylic acids is 2. The Kier molecular flexibility index (Phi) is 5.15. The Morgan fingerprint density at radius 1 is 1.47 bits per heavy atom. The van der Waals surface area contributed by atoms with Gasteiger partial charge in [0.15, 0.2) is 0 Å². The van der Waals surface area contributed by atoms with Crippen LogP contribution in [0.25, 0.3) is 0 Å². The molecule has 94 valence electrons. The van der Waals surface area contributed by atoms with Crippen LogP contribution in [-0.4, -0.2) is 41.4 Å². The molecule has 0 aromatic carbocycles. The fourth-order valence-corrected chi connectivity index (χ4v) is 1.20. The lowest BCUT2D eigenvalue weighted by molar-refractivity contribution is -0.121. The number of aromatic nitrogens is 2. The summed E-state index contributed by atoms with van der Waals surface area (Å²) in [5, 5.41) is 11.5. The van der Waals surface area contributed by atoms with Crippen LogP contribution < -0.4 is 16.0 Å². The molecule has 17 heavy (non-hydrogen) atoms. The number of rotatable bonds is 5. The number of nitrogens with one attached hydrogen (secondary N) is 3. The number of carbonyl (C=O) groups is 2. The van der Waals surface area contributed by atoms with Crippen LogP contribution in [0.4, 0.5) is 4.79 Å². The molecule has 1 aromatic heterocycles. The van der Waals surface area contributed by atoms with E-state index in [1.54, 1.807) is 17.8 Å². The Bertz CT molecular complexity index is 363. The number of nitrogens with zero attached hydrogens (tertiary/aromatic N) is 2. The van der Waals surface area contributed by atoms with Gasteiger partial charge in [-0.15, -0.1) is 0 Å². The van der Waals surface area contributed by atoms with Gasteiger partial charge in [-0.3, -0.25) is 14.8 Å². The number of imide groups is 1. The van der Waals surface area contributed by atoms with Crippen molar-refractivity contribution >= 4 is 11.9 Å². The lowest BCUT2D eigenvalue weighted by Gasteiger charge is -2.13. The minimum Gasteiger partial charge on any atom is -0.341 e. The third-order valence-electron chi connectivity index (χ3n) is 2.21. The maximum atomic E-state index is 11.4. The van der Waals surface area contributed by atoms with Crippen LogP contribution in [-0.2, 0) is 11.3 Å². The number of hydrogen-bond acceptors (Lipinski definition) is 4. The first kappa shape index (κ1) is 13.2. The summed E-state index contributed by atoms with van der Waals surface area (Å²) in [5.41, 5.74) is 0. The van der Waals surface area contributed by atoms with Crippen molar-refractivity contribution in [2.24, 2.45) is 0 Å². The summed E-state index contributed by atoms with van der Waals surface area (Å²) in [4.78, 5) is 22.4. The largest absolute Gasteiger partial charge is 0.341 e. The summed E-state index contributed by atoms with van der Waals surface area (Å²) in [6.07, 6.45) is 3.54. The van der Waals surface area contributed by atoms with E-state index in [0.717, 1.165) is 0 Å². The van der Waals surface area contributed by atoms with Crippen molar-refractivity contribution in [3.8, 4) is 0 Å². The molecule has 3 amide bonds. The van der Waals surface area contributed by atoms with Crippen LogP contribution in [0.3, 0.4) is 0 Å². The third-order valence-corrected chi connectivity index (χ3v) is 2.21. The van der Waals surface area contributed by atoms with Crippen molar-refractivity contribution in [1.82, 2.24) is 25.7 Å². The topological polar surface area (TPSA) is 88.0 Å². The molecule has 0 fully saturated rings. The number of hydrogen-bond donors (Lipinski definition) is 3. The highest BCUT2D eigenvalue weighted by Gasteiger charge is 2.13. The average molecular weight is 239 g/mol. The van der Waals surface area contributed by atoms with Gasteiger partial charge < -0.3 is 10.6 Å². The maximum absolute atomic E-state index is 11.4. The molecule has 0 saturated heterocycles. The van der Waals surface area contributed by atoms with Crippen molar-refractivity contribution in [3.63, 3.8) is 0 Å². The summed E-state index contributed by atoms with van der Waals surface area (Å²) in [6.45, 7) is 2.97. The zero-order valence-electron chi connectivity index (χ0n) is 9.93. The third kappa shape index (κ3) is 4.64. The molecule has 0 aliphatic rings. The van der Waals surface area contributed by atoms with Crippen LogP contribution in [0, 0.1) is 0 Å². The zero-order chi connectivity index (χ0) is 12.7. The van der Waals surface area contributed by atoms with E-state index < -0.39 is 12.1 Å². The predicted octanol–water partition coefficient (Wildman–Crippen LogP) is -0.683. The van der Waals surface area contributed by atoms with Gasteiger partial charge in [0, 0.05) is 26.0 Å². The molecule has 7 nitrogen and oxygen atoms in total. The van der Waals surface area contributed by atoms with E-state index >= 15 is 0 Å². The van der Waals surface area contributed by atoms with Crippen molar-refractivity contribution in [1.29, 1.82) is 0 Å². The smallest absolute Gasteiger partial charge is 0.321 e. The van der Waals surface area contributed by atoms with Crippen molar-refractivity contribution in [3.05, 3.63) is 18.5 Å². The average Bonchev–Trinajstić information content (AvgIpc) is 2.81. The lowest BCUT2D eigenvalue weighted by atomic mass is 10.3. The number of urea groups is 1. The molecular formula is C10H17N5O2. The van der Waals surface area contributed by atoms with E-state index in [9.17, 15) is 9.59 Å². The SMILES string of the molecule is CNC(=O)NC(=O)C(C)NCCn1cccn1. The van der Waals surface area contributed by atoms with Gasteiger partial charge in [0.1, 0.15) is 0 Å². The Hall–Kier alpha value is -1.89. The van der Waals surface area contributed by atoms with E-state index in [4.69, 9.17) is 0 Å². The summed E-state index contributed by atoms with van der Waals surface area (Å²) < 4.78 is 1.76. The minimum absolute atomic E-state index is 0.357. The summed E-state index contributed by atoms with van der Waals surface area (Å²) in [5.74, 6) is -0.357. The normalized spacial score (nSPS) is 11.9. The number of amides is 3. The van der Waals surface area contributed by atoms with E-state index in [-0.39, 0.29) is 5.91 Å². The van der Waals surface area contributed by atoms with E-state index in [1.165, 1.54) is 7.05 Å². The molecule has 1 rings (SSSR count). The molecule has 3 N–H and O–H groups in total. The molecule has 0 aliphatic carbocycles. The minimum atomic E-state index is -0.504. The van der Waals surface area contributed by atoms with Crippen molar-refractivity contribution < 1.29 is 9.59 Å². The van der Waals surface area contributed by atoms with Crippen molar-refractivity contribution in [2.75, 3.05) is 13.6 Å². The molecule has 0 radical (unpaired) electrons. The van der Waals surface area contributed by atoms with Crippen LogP contribution >= 0.6 is 0 Å². The molecule has 0 spiro atoms. The second-order valence-corrected chi connectivity index (χ2v) is 3.51. The van der Waals surface area contributed by atoms with Gasteiger partial charge in [-0.1, -0.05) is 0 Å². The van der Waals surface area contributed by atoms with Gasteiger partial charge in [0.25, 0.3) is 0 Å². The second kappa shape index (κ2) is 6.64. The molecular weight excluding hydrogens is 222 g/mol. The second-order valence-electron chi connectivity index (χ2n) is 3.51. The van der Waals surface area contributed by atoms with Gasteiger partial charge in [-0.25, -0.2) is 4.79 Å². The Balaban J connectivity index is 2.22. The van der Waals surface area contributed by atoms with Crippen LogP contribution in [0.5, 0.6) is 0 Å². The van der Waals surface area contributed by atoms with Crippen LogP contribution in [0.15, 0.2) is 18.5 Å². The molecule has 0 bridgehead atoms. The Morgan fingerprint density at radius 2 is 2.24 bits per heavy atom. The Labute approximate surface area is 99.6 Å². The highest BCUT2D eigenvalue weighted by molar-refractivity contribution is 5.96. The molecule has 0 aliphatic heterocycles. The summed E-state index contributed by atoms with van der Waals surface area (Å²) in [7, 11) is 1.46. The standard InChI is InChI=1S/C10H17N5O2/c1-8(9(16)14-10(17)11-2)12-5-7-15-6-3-4-13-15/h3-4,6,8,12H,5,7H2,1-2H3,(H2,11,14,16,17). The van der Waals surface area contributed by atoms with E-state index in [0.29, 0.717) is 13.1 Å². The molecule has 0 saturated carbocycles. The van der Waals surface area contributed by atoms with Gasteiger partial charge in [0.2, 0.25) is 5.91 Å². The molecule has 1 atom stereocenters. The van der Waals surface area contributed by atoms with Crippen molar-refractivity contribution in [2.45, 2.75) is 19.5 Å². The van der Waals surface area contributed by atoms with Gasteiger partial charge in [-0.05, 0) is 13.0 Å². The molecule has 1 unspecified atom stereocenters. The summed E-state index contributed by atoms with van der Waals surface area (Å²) >= 11 is 0. The summed E-state index contributed by atoms with van der Waals surface area (Å²) in [6, 6.07) is 0.903. The molecule has 7 heteroatoms. The van der Waals surface area contributed by atoms with E-state index in [2.05, 4.69) is 21.0 Å². The maximum Gasteiger partial charge on any atom is 0.321 e. The highest BCUT2D eigenvalue weighted by atomic mass is 16.2. The molecule has 1 heterocycles. The van der Waals surface area contributed by atoms with Gasteiger partial charge in [0.05, 0.1) is 12.6 Å². The fourth-order valence-electron chi connectivity index (χ4n) is 1.20. The highest BCUT2D eigenvalue weighted by Crippen LogP contribution is 1.85. The lowest BCUT2D eigenvalue weighted by Crippen LogP contribution is -2.47. The van der Waals surface area contributed by atoms with Crippen LogP contribution in [0.1, 0.15) is 6.92 Å². The molecule has 1 aromatic rings. The first-order chi connectivity index (χ1) is 8.13. The monoisotopic (exact) mass is 239 g/mol. The Morgan fingerprint density at radius 3 is 2.82 bits per heavy atom. The zero-order valence-corrected chi connectivity index (χ0v) is 9.93. The van der Waals surface area contributed by atoms with Gasteiger partial charge in [-0.2, -0.15) is 5.10 Å². The predicted molar refractivity (Wildman–Crippen MR) is 62.3 cm³/mol. The first-order valence-electron chi connectivity index (χ1n) is 5.37. The quantitative estimate of drug-likeness (QED) is 0.635.